The van der Waals surface area contributed by atoms with Crippen LogP contribution in [0.4, 0.5) is 5.69 Å². The zero-order chi connectivity index (χ0) is 31.9. The molecule has 0 saturated carbocycles. The van der Waals surface area contributed by atoms with Crippen molar-refractivity contribution < 1.29 is 22.7 Å². The number of nitrogens with zero attached hydrogens (tertiary/aromatic N) is 2. The van der Waals surface area contributed by atoms with Crippen LogP contribution in [-0.4, -0.2) is 50.9 Å². The van der Waals surface area contributed by atoms with Crippen molar-refractivity contribution in [3.8, 4) is 5.75 Å². The first kappa shape index (κ1) is 34.2. The molecule has 8 nitrogen and oxygen atoms in total. The van der Waals surface area contributed by atoms with Crippen LogP contribution in [0, 0.1) is 13.8 Å². The third kappa shape index (κ3) is 8.43. The second-order valence-corrected chi connectivity index (χ2v) is 13.2. The van der Waals surface area contributed by atoms with Gasteiger partial charge < -0.3 is 15.0 Å². The van der Waals surface area contributed by atoms with Crippen molar-refractivity contribution in [3.05, 3.63) is 87.4 Å². The highest BCUT2D eigenvalue weighted by atomic mass is 35.5. The first-order valence-corrected chi connectivity index (χ1v) is 16.3. The van der Waals surface area contributed by atoms with Gasteiger partial charge in [-0.25, -0.2) is 8.42 Å². The Hall–Kier alpha value is -3.27. The molecule has 0 saturated heterocycles. The highest BCUT2D eigenvalue weighted by molar-refractivity contribution is 7.92. The number of halogens is 2. The fraction of sp³-hybridized carbons (Fsp3) is 0.375. The predicted octanol–water partition coefficient (Wildman–Crippen LogP) is 6.54. The zero-order valence-electron chi connectivity index (χ0n) is 25.4. The van der Waals surface area contributed by atoms with Crippen molar-refractivity contribution in [1.82, 2.24) is 10.2 Å². The number of carbonyl (C=O) groups excluding carboxylic acids is 2. The SMILES string of the molecule is CC[C@H](C)NC(=O)[C@H](CC)N(Cc1ccc(Cl)cc1Cl)C(=O)CN(c1cc(C)ccc1OC)S(=O)(=O)c1ccc(C)cc1. The van der Waals surface area contributed by atoms with Crippen LogP contribution in [0.1, 0.15) is 50.3 Å². The van der Waals surface area contributed by atoms with E-state index in [1.165, 1.54) is 24.1 Å². The lowest BCUT2D eigenvalue weighted by Gasteiger charge is -2.34. The predicted molar refractivity (Wildman–Crippen MR) is 172 cm³/mol. The number of benzene rings is 3. The van der Waals surface area contributed by atoms with Gasteiger partial charge in [0.1, 0.15) is 18.3 Å². The molecule has 43 heavy (non-hydrogen) atoms. The molecule has 0 bridgehead atoms. The summed E-state index contributed by atoms with van der Waals surface area (Å²) >= 11 is 12.6. The van der Waals surface area contributed by atoms with Crippen LogP contribution in [0.2, 0.25) is 10.0 Å². The van der Waals surface area contributed by atoms with E-state index in [9.17, 15) is 18.0 Å². The molecule has 11 heteroatoms. The van der Waals surface area contributed by atoms with Gasteiger partial charge in [0, 0.05) is 22.6 Å². The van der Waals surface area contributed by atoms with Crippen LogP contribution >= 0.6 is 23.2 Å². The number of methoxy groups -OCH3 is 1. The molecule has 1 N–H and O–H groups in total. The summed E-state index contributed by atoms with van der Waals surface area (Å²) in [6.07, 6.45) is 0.993. The summed E-state index contributed by atoms with van der Waals surface area (Å²) in [4.78, 5) is 29.2. The lowest BCUT2D eigenvalue weighted by atomic mass is 10.1. The van der Waals surface area contributed by atoms with Gasteiger partial charge in [-0.2, -0.15) is 0 Å². The van der Waals surface area contributed by atoms with Crippen LogP contribution < -0.4 is 14.4 Å². The average Bonchev–Trinajstić information content (AvgIpc) is 2.96. The minimum absolute atomic E-state index is 0.0170. The molecule has 0 aliphatic heterocycles. The molecule has 0 spiro atoms. The number of rotatable bonds is 13. The van der Waals surface area contributed by atoms with Gasteiger partial charge in [0.25, 0.3) is 10.0 Å². The molecular formula is C32H39Cl2N3O5S. The topological polar surface area (TPSA) is 96.0 Å². The van der Waals surface area contributed by atoms with E-state index in [2.05, 4.69) is 5.32 Å². The number of amides is 2. The molecule has 2 amide bonds. The number of anilines is 1. The van der Waals surface area contributed by atoms with Gasteiger partial charge in [0.05, 0.1) is 17.7 Å². The minimum atomic E-state index is -4.25. The lowest BCUT2D eigenvalue weighted by Crippen LogP contribution is -2.53. The van der Waals surface area contributed by atoms with Crippen molar-refractivity contribution in [3.63, 3.8) is 0 Å². The van der Waals surface area contributed by atoms with E-state index in [0.29, 0.717) is 22.0 Å². The maximum Gasteiger partial charge on any atom is 0.264 e. The van der Waals surface area contributed by atoms with E-state index in [-0.39, 0.29) is 41.2 Å². The molecule has 0 fully saturated rings. The second kappa shape index (κ2) is 14.9. The van der Waals surface area contributed by atoms with Crippen molar-refractivity contribution in [2.24, 2.45) is 0 Å². The third-order valence-electron chi connectivity index (χ3n) is 7.23. The van der Waals surface area contributed by atoms with Crippen LogP contribution in [0.3, 0.4) is 0 Å². The monoisotopic (exact) mass is 647 g/mol. The Balaban J connectivity index is 2.15. The van der Waals surface area contributed by atoms with Gasteiger partial charge >= 0.3 is 0 Å². The van der Waals surface area contributed by atoms with E-state index < -0.39 is 28.5 Å². The molecular weight excluding hydrogens is 609 g/mol. The number of hydrogen-bond acceptors (Lipinski definition) is 5. The Morgan fingerprint density at radius 1 is 0.930 bits per heavy atom. The molecule has 3 aromatic rings. The lowest BCUT2D eigenvalue weighted by molar-refractivity contribution is -0.140. The van der Waals surface area contributed by atoms with Gasteiger partial charge in [-0.3, -0.25) is 13.9 Å². The Morgan fingerprint density at radius 3 is 2.16 bits per heavy atom. The molecule has 3 aromatic carbocycles. The summed E-state index contributed by atoms with van der Waals surface area (Å²) < 4.78 is 34.9. The highest BCUT2D eigenvalue weighted by Crippen LogP contribution is 2.34. The number of aryl methyl sites for hydroxylation is 2. The Bertz CT molecular complexity index is 1550. The van der Waals surface area contributed by atoms with Gasteiger partial charge in [0.2, 0.25) is 11.8 Å². The maximum absolute atomic E-state index is 14.3. The molecule has 3 rings (SSSR count). The van der Waals surface area contributed by atoms with Crippen LogP contribution in [-0.2, 0) is 26.2 Å². The van der Waals surface area contributed by atoms with E-state index in [0.717, 1.165) is 15.4 Å². The van der Waals surface area contributed by atoms with Crippen molar-refractivity contribution in [1.29, 1.82) is 0 Å². The summed E-state index contributed by atoms with van der Waals surface area (Å²) in [5.41, 5.74) is 2.43. The minimum Gasteiger partial charge on any atom is -0.495 e. The molecule has 0 aliphatic carbocycles. The molecule has 0 aliphatic rings. The molecule has 0 heterocycles. The first-order chi connectivity index (χ1) is 20.3. The summed E-state index contributed by atoms with van der Waals surface area (Å²) in [5.74, 6) is -0.643. The third-order valence-corrected chi connectivity index (χ3v) is 9.59. The summed E-state index contributed by atoms with van der Waals surface area (Å²) in [6, 6.07) is 15.4. The average molecular weight is 649 g/mol. The van der Waals surface area contributed by atoms with E-state index in [1.807, 2.05) is 27.7 Å². The van der Waals surface area contributed by atoms with Gasteiger partial charge in [-0.15, -0.1) is 0 Å². The van der Waals surface area contributed by atoms with E-state index in [4.69, 9.17) is 27.9 Å². The van der Waals surface area contributed by atoms with Crippen LogP contribution in [0.15, 0.2) is 65.6 Å². The fourth-order valence-electron chi connectivity index (χ4n) is 4.54. The highest BCUT2D eigenvalue weighted by Gasteiger charge is 2.35. The number of ether oxygens (including phenoxy) is 1. The van der Waals surface area contributed by atoms with Gasteiger partial charge in [-0.05, 0) is 81.1 Å². The molecule has 232 valence electrons. The smallest absolute Gasteiger partial charge is 0.264 e. The zero-order valence-corrected chi connectivity index (χ0v) is 27.7. The van der Waals surface area contributed by atoms with Crippen LogP contribution in [0.25, 0.3) is 0 Å². The van der Waals surface area contributed by atoms with Crippen LogP contribution in [0.5, 0.6) is 5.75 Å². The maximum atomic E-state index is 14.3. The fourth-order valence-corrected chi connectivity index (χ4v) is 6.42. The first-order valence-electron chi connectivity index (χ1n) is 14.1. The number of sulfonamides is 1. The number of nitrogens with one attached hydrogen (secondary N) is 1. The van der Waals surface area contributed by atoms with E-state index >= 15 is 0 Å². The van der Waals surface area contributed by atoms with Gasteiger partial charge in [-0.1, -0.05) is 66.9 Å². The Morgan fingerprint density at radius 2 is 1.58 bits per heavy atom. The number of carbonyl (C=O) groups is 2. The van der Waals surface area contributed by atoms with Gasteiger partial charge in [0.15, 0.2) is 0 Å². The normalized spacial score (nSPS) is 12.7. The standard InChI is InChI=1S/C32H39Cl2N3O5S/c1-7-23(5)35-32(39)28(8-2)36(19-24-12-13-25(33)18-27(24)34)31(38)20-37(29-17-22(4)11-16-30(29)42-6)43(40,41)26-14-9-21(3)10-15-26/h9-18,23,28H,7-8,19-20H2,1-6H3,(H,35,39)/t23-,28-/m0/s1. The summed E-state index contributed by atoms with van der Waals surface area (Å²) in [5, 5.41) is 3.71. The Kier molecular flexibility index (Phi) is 11.9. The van der Waals surface area contributed by atoms with Crippen molar-refractivity contribution in [2.75, 3.05) is 18.0 Å². The largest absolute Gasteiger partial charge is 0.495 e. The van der Waals surface area contributed by atoms with E-state index in [1.54, 1.807) is 55.5 Å². The second-order valence-electron chi connectivity index (χ2n) is 10.5. The van der Waals surface area contributed by atoms with Crippen molar-refractivity contribution >= 4 is 50.7 Å². The molecule has 0 aromatic heterocycles. The molecule has 2 atom stereocenters. The quantitative estimate of drug-likeness (QED) is 0.227. The molecule has 0 unspecified atom stereocenters. The summed E-state index contributed by atoms with van der Waals surface area (Å²) in [7, 11) is -2.81. The summed E-state index contributed by atoms with van der Waals surface area (Å²) in [6.45, 7) is 8.69. The molecule has 0 radical (unpaired) electrons. The Labute approximate surface area is 265 Å². The van der Waals surface area contributed by atoms with Crippen molar-refractivity contribution in [2.45, 2.75) is 71.0 Å². The number of hydrogen-bond donors (Lipinski definition) is 1.